The Bertz CT molecular complexity index is 971. The second-order valence-corrected chi connectivity index (χ2v) is 4.66. The van der Waals surface area contributed by atoms with Gasteiger partial charge in [-0.15, -0.1) is 0 Å². The lowest BCUT2D eigenvalue weighted by atomic mass is 10.2. The summed E-state index contributed by atoms with van der Waals surface area (Å²) in [5.41, 5.74) is 6.14. The highest BCUT2D eigenvalue weighted by Gasteiger charge is 2.14. The van der Waals surface area contributed by atoms with Gasteiger partial charge in [-0.05, 0) is 23.8 Å². The molecule has 1 aromatic carbocycles. The normalized spacial score (nSPS) is 11.2. The van der Waals surface area contributed by atoms with Crippen LogP contribution < -0.4 is 16.0 Å². The molecule has 0 aliphatic heterocycles. The Hall–Kier alpha value is -3.42. The number of methoxy groups -OCH3 is 1. The van der Waals surface area contributed by atoms with Crippen LogP contribution in [0.2, 0.25) is 0 Å². The van der Waals surface area contributed by atoms with E-state index in [-0.39, 0.29) is 17.1 Å². The molecule has 0 spiro atoms. The number of allylic oxidation sites excluding steroid dienone is 1. The van der Waals surface area contributed by atoms with Crippen molar-refractivity contribution in [3.63, 3.8) is 0 Å². The zero-order chi connectivity index (χ0) is 16.4. The SMILES string of the molecule is COc1cccc(C=CC(=O)n2c(N)nc3nc[nH]c3c2=O)c1. The van der Waals surface area contributed by atoms with Crippen LogP contribution in [0.1, 0.15) is 10.4 Å². The second-order valence-electron chi connectivity index (χ2n) is 4.66. The van der Waals surface area contributed by atoms with E-state index in [4.69, 9.17) is 10.5 Å². The van der Waals surface area contributed by atoms with E-state index in [9.17, 15) is 9.59 Å². The van der Waals surface area contributed by atoms with Crippen LogP contribution in [0, 0.1) is 0 Å². The van der Waals surface area contributed by atoms with Crippen molar-refractivity contribution in [3.05, 3.63) is 52.6 Å². The van der Waals surface area contributed by atoms with Gasteiger partial charge in [0.15, 0.2) is 11.2 Å². The number of nitrogens with one attached hydrogen (secondary N) is 1. The summed E-state index contributed by atoms with van der Waals surface area (Å²) in [6.07, 6.45) is 4.13. The molecule has 116 valence electrons. The van der Waals surface area contributed by atoms with Gasteiger partial charge in [0.05, 0.1) is 13.4 Å². The number of carbonyl (C=O) groups excluding carboxylic acids is 1. The Balaban J connectivity index is 1.97. The van der Waals surface area contributed by atoms with Gasteiger partial charge in [0.1, 0.15) is 5.75 Å². The molecule has 2 aromatic heterocycles. The van der Waals surface area contributed by atoms with Gasteiger partial charge in [0.25, 0.3) is 11.5 Å². The lowest BCUT2D eigenvalue weighted by Gasteiger charge is -2.04. The van der Waals surface area contributed by atoms with Crippen molar-refractivity contribution >= 4 is 29.1 Å². The zero-order valence-corrected chi connectivity index (χ0v) is 12.2. The van der Waals surface area contributed by atoms with Crippen LogP contribution in [0.4, 0.5) is 5.95 Å². The fraction of sp³-hybridized carbons (Fsp3) is 0.0667. The quantitative estimate of drug-likeness (QED) is 0.699. The van der Waals surface area contributed by atoms with Crippen molar-refractivity contribution in [1.82, 2.24) is 19.5 Å². The monoisotopic (exact) mass is 311 g/mol. The molecule has 0 aliphatic rings. The molecule has 0 aliphatic carbocycles. The van der Waals surface area contributed by atoms with E-state index in [1.54, 1.807) is 37.5 Å². The summed E-state index contributed by atoms with van der Waals surface area (Å²) in [6, 6.07) is 7.14. The van der Waals surface area contributed by atoms with Gasteiger partial charge in [-0.25, -0.2) is 9.55 Å². The third kappa shape index (κ3) is 2.69. The van der Waals surface area contributed by atoms with Crippen molar-refractivity contribution in [2.75, 3.05) is 12.8 Å². The van der Waals surface area contributed by atoms with Crippen molar-refractivity contribution in [1.29, 1.82) is 0 Å². The summed E-state index contributed by atoms with van der Waals surface area (Å²) in [6.45, 7) is 0. The van der Waals surface area contributed by atoms with E-state index >= 15 is 0 Å². The van der Waals surface area contributed by atoms with E-state index < -0.39 is 11.5 Å². The number of aromatic amines is 1. The maximum absolute atomic E-state index is 12.3. The first-order valence-corrected chi connectivity index (χ1v) is 6.68. The van der Waals surface area contributed by atoms with Gasteiger partial charge in [0.2, 0.25) is 5.95 Å². The number of anilines is 1. The Kier molecular flexibility index (Phi) is 3.63. The first-order chi connectivity index (χ1) is 11.1. The highest BCUT2D eigenvalue weighted by atomic mass is 16.5. The smallest absolute Gasteiger partial charge is 0.288 e. The minimum atomic E-state index is -0.598. The molecule has 0 radical (unpaired) electrons. The molecule has 23 heavy (non-hydrogen) atoms. The van der Waals surface area contributed by atoms with Crippen LogP contribution in [-0.4, -0.2) is 32.5 Å². The van der Waals surface area contributed by atoms with E-state index in [1.165, 1.54) is 12.4 Å². The molecule has 0 saturated heterocycles. The molecule has 0 fully saturated rings. The molecule has 2 heterocycles. The van der Waals surface area contributed by atoms with Gasteiger partial charge < -0.3 is 15.5 Å². The number of carbonyl (C=O) groups is 1. The number of ether oxygens (including phenoxy) is 1. The van der Waals surface area contributed by atoms with Crippen LogP contribution in [0.3, 0.4) is 0 Å². The van der Waals surface area contributed by atoms with Crippen molar-refractivity contribution in [3.8, 4) is 5.75 Å². The number of hydrogen-bond donors (Lipinski definition) is 2. The number of benzene rings is 1. The van der Waals surface area contributed by atoms with Crippen LogP contribution in [-0.2, 0) is 0 Å². The van der Waals surface area contributed by atoms with Gasteiger partial charge in [-0.3, -0.25) is 9.59 Å². The second kappa shape index (κ2) is 5.76. The first-order valence-electron chi connectivity index (χ1n) is 6.68. The summed E-state index contributed by atoms with van der Waals surface area (Å²) in [5, 5.41) is 0. The maximum Gasteiger partial charge on any atom is 0.288 e. The van der Waals surface area contributed by atoms with E-state index in [2.05, 4.69) is 15.0 Å². The van der Waals surface area contributed by atoms with E-state index in [1.807, 2.05) is 0 Å². The maximum atomic E-state index is 12.3. The number of aromatic nitrogens is 4. The number of nitrogen functional groups attached to an aromatic ring is 1. The summed E-state index contributed by atoms with van der Waals surface area (Å²) >= 11 is 0. The van der Waals surface area contributed by atoms with Gasteiger partial charge in [0, 0.05) is 6.08 Å². The predicted octanol–water partition coefficient (Wildman–Crippen LogP) is 1.06. The Labute approximate surface area is 130 Å². The molecule has 8 nitrogen and oxygen atoms in total. The molecule has 3 N–H and O–H groups in total. The summed E-state index contributed by atoms with van der Waals surface area (Å²) in [7, 11) is 1.56. The molecule has 0 amide bonds. The molecule has 3 rings (SSSR count). The number of fused-ring (bicyclic) bond motifs is 1. The van der Waals surface area contributed by atoms with Gasteiger partial charge >= 0.3 is 0 Å². The van der Waals surface area contributed by atoms with Crippen molar-refractivity contribution < 1.29 is 9.53 Å². The average Bonchev–Trinajstić information content (AvgIpc) is 3.01. The van der Waals surface area contributed by atoms with Gasteiger partial charge in [-0.1, -0.05) is 12.1 Å². The van der Waals surface area contributed by atoms with E-state index in [0.717, 1.165) is 10.1 Å². The van der Waals surface area contributed by atoms with Gasteiger partial charge in [-0.2, -0.15) is 4.98 Å². The number of hydrogen-bond acceptors (Lipinski definition) is 6. The standard InChI is InChI=1S/C15H13N5O3/c1-23-10-4-2-3-9(7-10)5-6-11(21)20-14(22)12-13(18-8-17-12)19-15(20)16/h2-8H,1H3,(H2,16,19)(H,17,18). The highest BCUT2D eigenvalue weighted by Crippen LogP contribution is 2.14. The van der Waals surface area contributed by atoms with Crippen molar-refractivity contribution in [2.24, 2.45) is 0 Å². The fourth-order valence-corrected chi connectivity index (χ4v) is 2.10. The summed E-state index contributed by atoms with van der Waals surface area (Å²) in [4.78, 5) is 34.9. The van der Waals surface area contributed by atoms with Crippen LogP contribution in [0.15, 0.2) is 41.5 Å². The molecule has 8 heteroatoms. The topological polar surface area (TPSA) is 116 Å². The molecule has 3 aromatic rings. The summed E-state index contributed by atoms with van der Waals surface area (Å²) in [5.74, 6) is -0.147. The lowest BCUT2D eigenvalue weighted by molar-refractivity contribution is 0.0968. The lowest BCUT2D eigenvalue weighted by Crippen LogP contribution is -2.29. The fourth-order valence-electron chi connectivity index (χ4n) is 2.10. The average molecular weight is 311 g/mol. The largest absolute Gasteiger partial charge is 0.497 e. The minimum Gasteiger partial charge on any atom is -0.497 e. The number of rotatable bonds is 3. The number of imidazole rings is 1. The highest BCUT2D eigenvalue weighted by molar-refractivity contribution is 5.96. The molecular weight excluding hydrogens is 298 g/mol. The molecule has 0 saturated carbocycles. The Morgan fingerprint density at radius 3 is 3.04 bits per heavy atom. The predicted molar refractivity (Wildman–Crippen MR) is 85.2 cm³/mol. The molecule has 0 bridgehead atoms. The number of nitrogens with zero attached hydrogens (tertiary/aromatic N) is 3. The van der Waals surface area contributed by atoms with Crippen LogP contribution in [0.5, 0.6) is 5.75 Å². The first kappa shape index (κ1) is 14.5. The molecular formula is C15H13N5O3. The number of H-pyrrole nitrogens is 1. The third-order valence-corrected chi connectivity index (χ3v) is 3.22. The zero-order valence-electron chi connectivity index (χ0n) is 12.2. The Morgan fingerprint density at radius 2 is 2.26 bits per heavy atom. The minimum absolute atomic E-state index is 0.127. The molecule has 0 unspecified atom stereocenters. The Morgan fingerprint density at radius 1 is 1.43 bits per heavy atom. The molecule has 0 atom stereocenters. The van der Waals surface area contributed by atoms with E-state index in [0.29, 0.717) is 5.75 Å². The summed E-state index contributed by atoms with van der Waals surface area (Å²) < 4.78 is 5.90. The third-order valence-electron chi connectivity index (χ3n) is 3.22. The van der Waals surface area contributed by atoms with Crippen LogP contribution >= 0.6 is 0 Å². The van der Waals surface area contributed by atoms with Crippen molar-refractivity contribution in [2.45, 2.75) is 0 Å². The van der Waals surface area contributed by atoms with Crippen LogP contribution in [0.25, 0.3) is 17.2 Å². The number of nitrogens with two attached hydrogens (primary N) is 1.